The number of piperidine rings is 1. The molecule has 0 aromatic carbocycles. The Morgan fingerprint density at radius 2 is 1.36 bits per heavy atom. The SMILES string of the molecule is O=C(O)C1(Cl)N(Cl)C2=CC(Cl)C(Cl)(Cl)C(Cl)(Cl)C2(Cl)C(Cl)(Cl)C1(Cl)Cl. The van der Waals surface area contributed by atoms with E-state index in [1.165, 1.54) is 0 Å². The molecule has 2 rings (SSSR count). The van der Waals surface area contributed by atoms with Crippen molar-refractivity contribution in [3.63, 3.8) is 0 Å². The van der Waals surface area contributed by atoms with Crippen LogP contribution in [0, 0.1) is 0 Å². The average Bonchev–Trinajstić information content (AvgIpc) is 2.46. The number of allylic oxidation sites excluding steroid dienone is 2. The van der Waals surface area contributed by atoms with Crippen molar-refractivity contribution in [3.8, 4) is 0 Å². The van der Waals surface area contributed by atoms with E-state index in [2.05, 4.69) is 0 Å². The van der Waals surface area contributed by atoms with Crippen LogP contribution in [0.2, 0.25) is 0 Å². The molecule has 1 aliphatic heterocycles. The van der Waals surface area contributed by atoms with Gasteiger partial charge in [0.2, 0.25) is 4.33 Å². The smallest absolute Gasteiger partial charge is 0.350 e. The Kier molecular flexibility index (Phi) is 6.17. The molecule has 0 aromatic rings. The fourth-order valence-corrected chi connectivity index (χ4v) is 6.96. The average molecular weight is 595 g/mol. The van der Waals surface area contributed by atoms with E-state index >= 15 is 0 Å². The van der Waals surface area contributed by atoms with Gasteiger partial charge in [0.05, 0.1) is 11.1 Å². The summed E-state index contributed by atoms with van der Waals surface area (Å²) in [5.74, 6) is -1.80. The van der Waals surface area contributed by atoms with Gasteiger partial charge in [0, 0.05) is 11.8 Å². The van der Waals surface area contributed by atoms with E-state index in [4.69, 9.17) is 139 Å². The molecular weight excluding hydrogens is 592 g/mol. The van der Waals surface area contributed by atoms with E-state index < -0.39 is 44.2 Å². The quantitative estimate of drug-likeness (QED) is 0.210. The Morgan fingerprint density at radius 3 is 1.76 bits per heavy atom. The number of carboxylic acid groups (broad SMARTS) is 1. The van der Waals surface area contributed by atoms with E-state index in [-0.39, 0.29) is 0 Å². The Hall–Kier alpha value is 2.49. The molecule has 25 heavy (non-hydrogen) atoms. The van der Waals surface area contributed by atoms with Crippen molar-refractivity contribution < 1.29 is 9.90 Å². The summed E-state index contributed by atoms with van der Waals surface area (Å²) in [5.41, 5.74) is -0.405. The first kappa shape index (κ1) is 23.8. The number of alkyl halides is 11. The van der Waals surface area contributed by atoms with Crippen LogP contribution in [0.1, 0.15) is 0 Å². The lowest BCUT2D eigenvalue weighted by atomic mass is 9.79. The minimum atomic E-state index is -2.80. The predicted molar refractivity (Wildman–Crippen MR) is 108 cm³/mol. The van der Waals surface area contributed by atoms with Gasteiger partial charge in [-0.25, -0.2) is 4.79 Å². The molecule has 0 radical (unpaired) electrons. The van der Waals surface area contributed by atoms with Gasteiger partial charge < -0.3 is 5.11 Å². The highest BCUT2D eigenvalue weighted by Crippen LogP contribution is 2.75. The summed E-state index contributed by atoms with van der Waals surface area (Å²) in [5, 5.41) is 8.23. The molecule has 0 amide bonds. The Balaban J connectivity index is 2.97. The first-order valence-corrected chi connectivity index (χ1v) is 10.4. The second kappa shape index (κ2) is 6.49. The van der Waals surface area contributed by atoms with Crippen LogP contribution >= 0.6 is 139 Å². The second-order valence-electron chi connectivity index (χ2n) is 5.17. The molecule has 3 atom stereocenters. The van der Waals surface area contributed by atoms with Gasteiger partial charge in [-0.05, 0) is 6.08 Å². The zero-order valence-corrected chi connectivity index (χ0v) is 20.1. The zero-order valence-electron chi connectivity index (χ0n) is 11.0. The minimum absolute atomic E-state index is 0.380. The van der Waals surface area contributed by atoms with Gasteiger partial charge in [-0.2, -0.15) is 0 Å². The van der Waals surface area contributed by atoms with Crippen molar-refractivity contribution >= 4 is 145 Å². The molecule has 0 spiro atoms. The van der Waals surface area contributed by atoms with Crippen molar-refractivity contribution in [1.29, 1.82) is 0 Å². The molecule has 0 aromatic heterocycles. The van der Waals surface area contributed by atoms with Crippen LogP contribution in [0.25, 0.3) is 0 Å². The minimum Gasteiger partial charge on any atom is -0.478 e. The van der Waals surface area contributed by atoms with Crippen LogP contribution in [0.5, 0.6) is 0 Å². The van der Waals surface area contributed by atoms with Crippen LogP contribution in [-0.2, 0) is 4.79 Å². The number of halogens is 12. The Bertz CT molecular complexity index is 662. The number of nitrogens with zero attached hydrogens (tertiary/aromatic N) is 1. The fourth-order valence-electron chi connectivity index (χ4n) is 2.41. The summed E-state index contributed by atoms with van der Waals surface area (Å²) in [7, 11) is 0. The molecule has 144 valence electrons. The van der Waals surface area contributed by atoms with Crippen LogP contribution < -0.4 is 0 Å². The third-order valence-electron chi connectivity index (χ3n) is 3.86. The summed E-state index contributed by atoms with van der Waals surface area (Å²) < 4.78 is -9.73. The van der Waals surface area contributed by atoms with E-state index in [1.807, 2.05) is 0 Å². The van der Waals surface area contributed by atoms with Crippen molar-refractivity contribution in [2.24, 2.45) is 0 Å². The summed E-state index contributed by atoms with van der Waals surface area (Å²) >= 11 is 74.6. The second-order valence-corrected chi connectivity index (χ2v) is 12.5. The van der Waals surface area contributed by atoms with Gasteiger partial charge in [-0.15, -0.1) is 23.2 Å². The molecular formula is C10H3Cl12NO2. The molecule has 1 saturated heterocycles. The highest BCUT2D eigenvalue weighted by molar-refractivity contribution is 6.74. The van der Waals surface area contributed by atoms with Gasteiger partial charge in [-0.3, -0.25) is 4.42 Å². The van der Waals surface area contributed by atoms with Gasteiger partial charge in [0.1, 0.15) is 0 Å². The lowest BCUT2D eigenvalue weighted by Gasteiger charge is -2.63. The van der Waals surface area contributed by atoms with E-state index in [0.717, 1.165) is 6.08 Å². The monoisotopic (exact) mass is 589 g/mol. The zero-order chi connectivity index (χ0) is 20.0. The number of rotatable bonds is 1. The summed E-state index contributed by atoms with van der Waals surface area (Å²) in [6.45, 7) is 0. The van der Waals surface area contributed by atoms with Crippen LogP contribution in [0.3, 0.4) is 0 Å². The van der Waals surface area contributed by atoms with Crippen LogP contribution in [0.15, 0.2) is 11.8 Å². The Labute approximate surface area is 202 Å². The van der Waals surface area contributed by atoms with Gasteiger partial charge in [0.25, 0.3) is 5.00 Å². The number of carboxylic acids is 1. The highest BCUT2D eigenvalue weighted by Gasteiger charge is 2.86. The van der Waals surface area contributed by atoms with E-state index in [9.17, 15) is 9.90 Å². The molecule has 1 fully saturated rings. The summed E-state index contributed by atoms with van der Waals surface area (Å²) in [6, 6.07) is 0. The van der Waals surface area contributed by atoms with Crippen LogP contribution in [-0.4, -0.2) is 48.1 Å². The molecule has 1 aliphatic carbocycles. The van der Waals surface area contributed by atoms with E-state index in [1.54, 1.807) is 0 Å². The van der Waals surface area contributed by atoms with Crippen LogP contribution in [0.4, 0.5) is 0 Å². The maximum Gasteiger partial charge on any atom is 0.350 e. The van der Waals surface area contributed by atoms with Gasteiger partial charge in [0.15, 0.2) is 17.9 Å². The third kappa shape index (κ3) is 2.51. The first-order chi connectivity index (χ1) is 10.9. The maximum atomic E-state index is 11.8. The molecule has 0 bridgehead atoms. The molecule has 1 heterocycles. The summed E-state index contributed by atoms with van der Waals surface area (Å²) in [4.78, 5) is 6.53. The molecule has 3 nitrogen and oxygen atoms in total. The highest BCUT2D eigenvalue weighted by atomic mass is 35.6. The lowest BCUT2D eigenvalue weighted by molar-refractivity contribution is -0.144. The molecule has 2 aliphatic rings. The first-order valence-electron chi connectivity index (χ1n) is 5.81. The molecule has 15 heteroatoms. The lowest BCUT2D eigenvalue weighted by Crippen LogP contribution is -2.81. The molecule has 3 unspecified atom stereocenters. The van der Waals surface area contributed by atoms with Crippen molar-refractivity contribution in [3.05, 3.63) is 11.8 Å². The van der Waals surface area contributed by atoms with Crippen molar-refractivity contribution in [1.82, 2.24) is 4.42 Å². The number of fused-ring (bicyclic) bond motifs is 1. The topological polar surface area (TPSA) is 40.5 Å². The van der Waals surface area contributed by atoms with Gasteiger partial charge >= 0.3 is 5.97 Å². The van der Waals surface area contributed by atoms with Gasteiger partial charge in [-0.1, -0.05) is 104 Å². The molecule has 1 N–H and O–H groups in total. The number of hydrogen-bond acceptors (Lipinski definition) is 2. The largest absolute Gasteiger partial charge is 0.478 e. The molecule has 0 saturated carbocycles. The standard InChI is InChI=1S/C10H3Cl12NO2/c11-2-1-3-5(12,8(16,17)6(2,13)14)9(18,19)10(20,21)7(15,4(24)25)23(3)22/h1-2H,(H,24,25). The normalized spacial score (nSPS) is 40.9. The number of hydrogen-bond donors (Lipinski definition) is 1. The Morgan fingerprint density at radius 1 is 0.920 bits per heavy atom. The van der Waals surface area contributed by atoms with E-state index in [0.29, 0.717) is 4.42 Å². The summed E-state index contributed by atoms with van der Waals surface area (Å²) in [6.07, 6.45) is 1.05. The number of aliphatic carboxylic acids is 1. The number of carbonyl (C=O) groups is 1. The van der Waals surface area contributed by atoms with Crippen molar-refractivity contribution in [2.75, 3.05) is 0 Å². The fraction of sp³-hybridized carbons (Fsp3) is 0.700. The van der Waals surface area contributed by atoms with Crippen molar-refractivity contribution in [2.45, 2.75) is 32.6 Å². The third-order valence-corrected chi connectivity index (χ3v) is 12.2. The maximum absolute atomic E-state index is 11.8. The predicted octanol–water partition coefficient (Wildman–Crippen LogP) is 6.65.